The average Bonchev–Trinajstić information content (AvgIpc) is 2.47. The smallest absolute Gasteiger partial charge is 0.246 e. The highest BCUT2D eigenvalue weighted by Crippen LogP contribution is 2.30. The van der Waals surface area contributed by atoms with E-state index in [0.29, 0.717) is 5.92 Å². The lowest BCUT2D eigenvalue weighted by atomic mass is 9.87. The number of sulfonamides is 1. The van der Waals surface area contributed by atoms with Crippen molar-refractivity contribution >= 4 is 15.8 Å². The Balaban J connectivity index is 2.25. The number of hydrogen-bond acceptors (Lipinski definition) is 5. The van der Waals surface area contributed by atoms with Gasteiger partial charge in [0.1, 0.15) is 4.90 Å². The van der Waals surface area contributed by atoms with Crippen LogP contribution in [0.1, 0.15) is 32.6 Å². The Labute approximate surface area is 120 Å². The zero-order valence-electron chi connectivity index (χ0n) is 11.9. The van der Waals surface area contributed by atoms with Crippen molar-refractivity contribution in [1.82, 2.24) is 9.29 Å². The van der Waals surface area contributed by atoms with Crippen LogP contribution in [0.3, 0.4) is 0 Å². The molecule has 2 rings (SSSR count). The summed E-state index contributed by atoms with van der Waals surface area (Å²) in [4.78, 5) is 4.09. The number of hydrazine groups is 1. The fourth-order valence-electron chi connectivity index (χ4n) is 2.66. The van der Waals surface area contributed by atoms with E-state index in [9.17, 15) is 8.42 Å². The Morgan fingerprint density at radius 2 is 2.00 bits per heavy atom. The summed E-state index contributed by atoms with van der Waals surface area (Å²) in [6.07, 6.45) is 5.46. The van der Waals surface area contributed by atoms with E-state index in [0.717, 1.165) is 25.7 Å². The summed E-state index contributed by atoms with van der Waals surface area (Å²) in [5.41, 5.74) is 2.35. The Morgan fingerprint density at radius 1 is 1.35 bits per heavy atom. The van der Waals surface area contributed by atoms with Gasteiger partial charge in [-0.3, -0.25) is 0 Å². The van der Waals surface area contributed by atoms with Crippen molar-refractivity contribution in [2.75, 3.05) is 12.5 Å². The molecule has 0 bridgehead atoms. The van der Waals surface area contributed by atoms with E-state index in [2.05, 4.69) is 17.3 Å². The molecule has 3 N–H and O–H groups in total. The topological polar surface area (TPSA) is 88.3 Å². The van der Waals surface area contributed by atoms with Crippen LogP contribution in [-0.4, -0.2) is 30.8 Å². The molecule has 0 aliphatic heterocycles. The molecule has 0 unspecified atom stereocenters. The van der Waals surface area contributed by atoms with Crippen molar-refractivity contribution in [3.05, 3.63) is 18.3 Å². The van der Waals surface area contributed by atoms with Gasteiger partial charge in [-0.15, -0.1) is 0 Å². The van der Waals surface area contributed by atoms with Crippen molar-refractivity contribution in [2.45, 2.75) is 43.5 Å². The normalized spacial score (nSPS) is 23.8. The maximum absolute atomic E-state index is 12.7. The molecule has 0 aromatic carbocycles. The minimum atomic E-state index is -3.57. The van der Waals surface area contributed by atoms with Crippen LogP contribution < -0.4 is 11.3 Å². The maximum Gasteiger partial charge on any atom is 0.246 e. The molecule has 1 fully saturated rings. The number of hydrogen-bond donors (Lipinski definition) is 2. The quantitative estimate of drug-likeness (QED) is 0.650. The summed E-state index contributed by atoms with van der Waals surface area (Å²) in [6.45, 7) is 2.21. The molecule has 1 heterocycles. The van der Waals surface area contributed by atoms with Gasteiger partial charge in [-0.2, -0.15) is 4.31 Å². The summed E-state index contributed by atoms with van der Waals surface area (Å²) >= 11 is 0. The number of nitrogens with two attached hydrogens (primary N) is 1. The van der Waals surface area contributed by atoms with E-state index >= 15 is 0 Å². The first-order valence-electron chi connectivity index (χ1n) is 6.86. The van der Waals surface area contributed by atoms with Crippen LogP contribution >= 0.6 is 0 Å². The molecule has 1 saturated carbocycles. The lowest BCUT2D eigenvalue weighted by Crippen LogP contribution is -2.39. The van der Waals surface area contributed by atoms with Crippen LogP contribution in [0.5, 0.6) is 0 Å². The van der Waals surface area contributed by atoms with Gasteiger partial charge in [-0.1, -0.05) is 6.92 Å². The molecule has 112 valence electrons. The molecule has 0 spiro atoms. The van der Waals surface area contributed by atoms with Crippen molar-refractivity contribution < 1.29 is 8.42 Å². The first kappa shape index (κ1) is 15.2. The highest BCUT2D eigenvalue weighted by atomic mass is 32.2. The number of anilines is 1. The molecule has 7 heteroatoms. The minimum Gasteiger partial charge on any atom is -0.307 e. The molecule has 0 atom stereocenters. The molecule has 1 aliphatic carbocycles. The third kappa shape index (κ3) is 2.94. The fraction of sp³-hybridized carbons (Fsp3) is 0.615. The van der Waals surface area contributed by atoms with Crippen LogP contribution in [0.2, 0.25) is 0 Å². The zero-order valence-corrected chi connectivity index (χ0v) is 12.7. The molecule has 6 nitrogen and oxygen atoms in total. The maximum atomic E-state index is 12.7. The second kappa shape index (κ2) is 6.07. The SMILES string of the molecule is CC1CCC(N(C)S(=O)(=O)c2cccnc2NN)CC1. The van der Waals surface area contributed by atoms with Gasteiger partial charge in [0.05, 0.1) is 0 Å². The minimum absolute atomic E-state index is 0.0574. The predicted molar refractivity (Wildman–Crippen MR) is 78.4 cm³/mol. The van der Waals surface area contributed by atoms with Gasteiger partial charge in [-0.25, -0.2) is 19.2 Å². The van der Waals surface area contributed by atoms with E-state index in [4.69, 9.17) is 5.84 Å². The van der Waals surface area contributed by atoms with Crippen LogP contribution in [0, 0.1) is 5.92 Å². The number of nitrogens with zero attached hydrogens (tertiary/aromatic N) is 2. The van der Waals surface area contributed by atoms with Gasteiger partial charge < -0.3 is 5.43 Å². The highest BCUT2D eigenvalue weighted by Gasteiger charge is 2.32. The number of nitrogens with one attached hydrogen (secondary N) is 1. The summed E-state index contributed by atoms with van der Waals surface area (Å²) in [6, 6.07) is 3.19. The second-order valence-electron chi connectivity index (χ2n) is 5.43. The molecule has 1 aromatic rings. The summed E-state index contributed by atoms with van der Waals surface area (Å²) in [7, 11) is -1.93. The Hall–Kier alpha value is -1.18. The van der Waals surface area contributed by atoms with Gasteiger partial charge in [0.2, 0.25) is 10.0 Å². The van der Waals surface area contributed by atoms with Gasteiger partial charge in [0, 0.05) is 19.3 Å². The van der Waals surface area contributed by atoms with Crippen molar-refractivity contribution in [1.29, 1.82) is 0 Å². The standard InChI is InChI=1S/C13H22N4O2S/c1-10-5-7-11(8-6-10)17(2)20(18,19)12-4-3-9-15-13(12)16-14/h3-4,9-11H,5-8,14H2,1-2H3,(H,15,16). The van der Waals surface area contributed by atoms with Gasteiger partial charge in [0.15, 0.2) is 5.82 Å². The number of aromatic nitrogens is 1. The van der Waals surface area contributed by atoms with Gasteiger partial charge >= 0.3 is 0 Å². The number of nitrogen functional groups attached to an aromatic ring is 1. The van der Waals surface area contributed by atoms with Crippen LogP contribution in [0.4, 0.5) is 5.82 Å². The van der Waals surface area contributed by atoms with E-state index in [1.54, 1.807) is 13.1 Å². The molecule has 0 saturated heterocycles. The molecule has 1 aliphatic rings. The van der Waals surface area contributed by atoms with Gasteiger partial charge in [-0.05, 0) is 43.7 Å². The third-order valence-electron chi connectivity index (χ3n) is 4.06. The highest BCUT2D eigenvalue weighted by molar-refractivity contribution is 7.89. The Kier molecular flexibility index (Phi) is 4.62. The molecular formula is C13H22N4O2S. The monoisotopic (exact) mass is 298 g/mol. The van der Waals surface area contributed by atoms with Crippen LogP contribution in [-0.2, 0) is 10.0 Å². The van der Waals surface area contributed by atoms with Crippen LogP contribution in [0.25, 0.3) is 0 Å². The fourth-order valence-corrected chi connectivity index (χ4v) is 4.18. The third-order valence-corrected chi connectivity index (χ3v) is 6.01. The molecular weight excluding hydrogens is 276 g/mol. The Morgan fingerprint density at radius 3 is 2.60 bits per heavy atom. The zero-order chi connectivity index (χ0) is 14.8. The van der Waals surface area contributed by atoms with Gasteiger partial charge in [0.25, 0.3) is 0 Å². The summed E-state index contributed by atoms with van der Waals surface area (Å²) < 4.78 is 26.8. The van der Waals surface area contributed by atoms with Crippen LogP contribution in [0.15, 0.2) is 23.2 Å². The number of pyridine rings is 1. The summed E-state index contributed by atoms with van der Waals surface area (Å²) in [5, 5.41) is 0. The van der Waals surface area contributed by atoms with E-state index in [-0.39, 0.29) is 16.8 Å². The van der Waals surface area contributed by atoms with E-state index in [1.807, 2.05) is 0 Å². The van der Waals surface area contributed by atoms with E-state index < -0.39 is 10.0 Å². The van der Waals surface area contributed by atoms with Crippen molar-refractivity contribution in [3.8, 4) is 0 Å². The van der Waals surface area contributed by atoms with E-state index in [1.165, 1.54) is 16.6 Å². The second-order valence-corrected chi connectivity index (χ2v) is 7.40. The summed E-state index contributed by atoms with van der Waals surface area (Å²) in [5.74, 6) is 6.21. The molecule has 0 amide bonds. The lowest BCUT2D eigenvalue weighted by Gasteiger charge is -2.33. The van der Waals surface area contributed by atoms with Crippen molar-refractivity contribution in [3.63, 3.8) is 0 Å². The molecule has 0 radical (unpaired) electrons. The molecule has 20 heavy (non-hydrogen) atoms. The molecule has 1 aromatic heterocycles. The first-order chi connectivity index (χ1) is 9.46. The first-order valence-corrected chi connectivity index (χ1v) is 8.30. The average molecular weight is 298 g/mol. The lowest BCUT2D eigenvalue weighted by molar-refractivity contribution is 0.246. The Bertz CT molecular complexity index is 553. The number of rotatable bonds is 4. The van der Waals surface area contributed by atoms with Crippen molar-refractivity contribution in [2.24, 2.45) is 11.8 Å². The predicted octanol–water partition coefficient (Wildman–Crippen LogP) is 1.57. The largest absolute Gasteiger partial charge is 0.307 e.